The molecule has 1 saturated heterocycles. The van der Waals surface area contributed by atoms with E-state index in [1.165, 1.54) is 24.8 Å². The lowest BCUT2D eigenvalue weighted by molar-refractivity contribution is 0.376. The number of rotatable bonds is 5. The molecular formula is C17H29N3. The second-order valence-corrected chi connectivity index (χ2v) is 6.30. The molecule has 0 saturated carbocycles. The van der Waals surface area contributed by atoms with E-state index in [0.717, 1.165) is 24.8 Å². The number of hydrogen-bond acceptors (Lipinski definition) is 3. The van der Waals surface area contributed by atoms with E-state index in [1.54, 1.807) is 0 Å². The van der Waals surface area contributed by atoms with Gasteiger partial charge in [-0.3, -0.25) is 0 Å². The lowest BCUT2D eigenvalue weighted by atomic mass is 9.93. The fraction of sp³-hybridized carbons (Fsp3) is 0.706. The summed E-state index contributed by atoms with van der Waals surface area (Å²) in [5, 5.41) is 3.51. The topological polar surface area (TPSA) is 28.2 Å². The van der Waals surface area contributed by atoms with E-state index < -0.39 is 0 Å². The molecule has 1 fully saturated rings. The van der Waals surface area contributed by atoms with Crippen LogP contribution in [0.3, 0.4) is 0 Å². The molecule has 0 bridgehead atoms. The van der Waals surface area contributed by atoms with E-state index >= 15 is 0 Å². The molecule has 2 rings (SSSR count). The van der Waals surface area contributed by atoms with Crippen LogP contribution in [0, 0.1) is 5.92 Å². The Morgan fingerprint density at radius 3 is 2.80 bits per heavy atom. The van der Waals surface area contributed by atoms with Gasteiger partial charge in [0, 0.05) is 24.8 Å². The molecule has 0 aliphatic carbocycles. The van der Waals surface area contributed by atoms with Crippen LogP contribution in [-0.2, 0) is 0 Å². The zero-order chi connectivity index (χ0) is 14.5. The molecule has 1 aliphatic heterocycles. The molecule has 3 atom stereocenters. The van der Waals surface area contributed by atoms with E-state index in [-0.39, 0.29) is 0 Å². The van der Waals surface area contributed by atoms with Gasteiger partial charge in [0.05, 0.1) is 0 Å². The van der Waals surface area contributed by atoms with Crippen molar-refractivity contribution in [1.82, 2.24) is 10.3 Å². The number of nitrogens with zero attached hydrogens (tertiary/aromatic N) is 2. The number of aromatic nitrogens is 1. The summed E-state index contributed by atoms with van der Waals surface area (Å²) in [5.74, 6) is 1.98. The van der Waals surface area contributed by atoms with Gasteiger partial charge >= 0.3 is 0 Å². The van der Waals surface area contributed by atoms with Crippen LogP contribution < -0.4 is 10.2 Å². The van der Waals surface area contributed by atoms with Gasteiger partial charge in [-0.05, 0) is 57.2 Å². The van der Waals surface area contributed by atoms with Crippen LogP contribution >= 0.6 is 0 Å². The highest BCUT2D eigenvalue weighted by molar-refractivity contribution is 5.41. The quantitative estimate of drug-likeness (QED) is 0.886. The second kappa shape index (κ2) is 7.07. The van der Waals surface area contributed by atoms with Crippen molar-refractivity contribution < 1.29 is 0 Å². The summed E-state index contributed by atoms with van der Waals surface area (Å²) in [6, 6.07) is 5.40. The third kappa shape index (κ3) is 3.72. The highest BCUT2D eigenvalue weighted by atomic mass is 15.2. The van der Waals surface area contributed by atoms with Crippen molar-refractivity contribution >= 4 is 5.82 Å². The minimum absolute atomic E-state index is 0.385. The molecule has 3 nitrogen and oxygen atoms in total. The van der Waals surface area contributed by atoms with Crippen LogP contribution in [0.5, 0.6) is 0 Å². The summed E-state index contributed by atoms with van der Waals surface area (Å²) < 4.78 is 0. The van der Waals surface area contributed by atoms with Crippen LogP contribution in [0.25, 0.3) is 0 Å². The molecular weight excluding hydrogens is 246 g/mol. The molecule has 1 N–H and O–H groups in total. The maximum absolute atomic E-state index is 4.69. The van der Waals surface area contributed by atoms with Gasteiger partial charge < -0.3 is 10.2 Å². The third-order valence-corrected chi connectivity index (χ3v) is 4.40. The maximum Gasteiger partial charge on any atom is 0.128 e. The van der Waals surface area contributed by atoms with Gasteiger partial charge in [0.1, 0.15) is 5.82 Å². The first kappa shape index (κ1) is 15.3. The minimum atomic E-state index is 0.385. The molecule has 0 aromatic carbocycles. The second-order valence-electron chi connectivity index (χ2n) is 6.30. The van der Waals surface area contributed by atoms with Gasteiger partial charge in [-0.1, -0.05) is 19.9 Å². The van der Waals surface area contributed by atoms with Crippen molar-refractivity contribution in [2.45, 2.75) is 59.0 Å². The Kier molecular flexibility index (Phi) is 5.41. The summed E-state index contributed by atoms with van der Waals surface area (Å²) in [6.45, 7) is 11.3. The van der Waals surface area contributed by atoms with E-state index in [4.69, 9.17) is 4.98 Å². The normalized spacial score (nSPS) is 24.7. The fourth-order valence-corrected chi connectivity index (χ4v) is 3.05. The SMILES string of the molecule is CCCNC(C)c1ccc(N2CCC(C)CC2C)nc1. The molecule has 20 heavy (non-hydrogen) atoms. The first-order valence-electron chi connectivity index (χ1n) is 8.07. The van der Waals surface area contributed by atoms with Crippen LogP contribution in [0.15, 0.2) is 18.3 Å². The molecule has 1 aromatic rings. The van der Waals surface area contributed by atoms with Gasteiger partial charge in [-0.15, -0.1) is 0 Å². The Morgan fingerprint density at radius 1 is 1.40 bits per heavy atom. The third-order valence-electron chi connectivity index (χ3n) is 4.40. The number of hydrogen-bond donors (Lipinski definition) is 1. The average Bonchev–Trinajstić information content (AvgIpc) is 2.45. The Bertz CT molecular complexity index is 401. The maximum atomic E-state index is 4.69. The molecule has 3 unspecified atom stereocenters. The smallest absolute Gasteiger partial charge is 0.128 e. The van der Waals surface area contributed by atoms with Crippen LogP contribution in [0.1, 0.15) is 58.6 Å². The average molecular weight is 275 g/mol. The lowest BCUT2D eigenvalue weighted by Crippen LogP contribution is -2.40. The van der Waals surface area contributed by atoms with Crippen molar-refractivity contribution in [2.24, 2.45) is 5.92 Å². The summed E-state index contributed by atoms with van der Waals surface area (Å²) in [5.41, 5.74) is 1.28. The molecule has 3 heteroatoms. The molecule has 1 aromatic heterocycles. The van der Waals surface area contributed by atoms with Gasteiger partial charge in [-0.25, -0.2) is 4.98 Å². The molecule has 0 spiro atoms. The van der Waals surface area contributed by atoms with Crippen molar-refractivity contribution in [1.29, 1.82) is 0 Å². The van der Waals surface area contributed by atoms with Gasteiger partial charge in [-0.2, -0.15) is 0 Å². The molecule has 112 valence electrons. The largest absolute Gasteiger partial charge is 0.354 e. The Hall–Kier alpha value is -1.09. The van der Waals surface area contributed by atoms with Crippen LogP contribution in [0.2, 0.25) is 0 Å². The minimum Gasteiger partial charge on any atom is -0.354 e. The van der Waals surface area contributed by atoms with Crippen molar-refractivity contribution in [3.05, 3.63) is 23.9 Å². The number of piperidine rings is 1. The van der Waals surface area contributed by atoms with E-state index in [2.05, 4.69) is 50.0 Å². The van der Waals surface area contributed by atoms with Gasteiger partial charge in [0.25, 0.3) is 0 Å². The number of pyridine rings is 1. The van der Waals surface area contributed by atoms with Gasteiger partial charge in [0.2, 0.25) is 0 Å². The van der Waals surface area contributed by atoms with Crippen molar-refractivity contribution in [2.75, 3.05) is 18.0 Å². The summed E-state index contributed by atoms with van der Waals surface area (Å²) in [7, 11) is 0. The lowest BCUT2D eigenvalue weighted by Gasteiger charge is -2.37. The zero-order valence-electron chi connectivity index (χ0n) is 13.4. The fourth-order valence-electron chi connectivity index (χ4n) is 3.05. The van der Waals surface area contributed by atoms with Crippen LogP contribution in [-0.4, -0.2) is 24.1 Å². The number of anilines is 1. The van der Waals surface area contributed by atoms with E-state index in [1.807, 2.05) is 6.20 Å². The van der Waals surface area contributed by atoms with E-state index in [9.17, 15) is 0 Å². The van der Waals surface area contributed by atoms with Gasteiger partial charge in [0.15, 0.2) is 0 Å². The highest BCUT2D eigenvalue weighted by Gasteiger charge is 2.23. The zero-order valence-corrected chi connectivity index (χ0v) is 13.4. The van der Waals surface area contributed by atoms with Crippen molar-refractivity contribution in [3.8, 4) is 0 Å². The predicted octanol–water partition coefficient (Wildman–Crippen LogP) is 3.77. The summed E-state index contributed by atoms with van der Waals surface area (Å²) >= 11 is 0. The Balaban J connectivity index is 2.00. The summed E-state index contributed by atoms with van der Waals surface area (Å²) in [4.78, 5) is 7.15. The number of nitrogens with one attached hydrogen (secondary N) is 1. The Morgan fingerprint density at radius 2 is 2.20 bits per heavy atom. The molecule has 1 aliphatic rings. The Labute approximate surface area is 123 Å². The molecule has 0 amide bonds. The van der Waals surface area contributed by atoms with E-state index in [0.29, 0.717) is 12.1 Å². The summed E-state index contributed by atoms with van der Waals surface area (Å²) in [6.07, 6.45) is 5.76. The molecule has 2 heterocycles. The first-order chi connectivity index (χ1) is 9.61. The van der Waals surface area contributed by atoms with Crippen LogP contribution in [0.4, 0.5) is 5.82 Å². The predicted molar refractivity (Wildman–Crippen MR) is 86.2 cm³/mol. The van der Waals surface area contributed by atoms with Crippen molar-refractivity contribution in [3.63, 3.8) is 0 Å². The highest BCUT2D eigenvalue weighted by Crippen LogP contribution is 2.26. The first-order valence-corrected chi connectivity index (χ1v) is 8.07. The standard InChI is InChI=1S/C17H29N3/c1-5-9-18-15(4)16-6-7-17(19-12-16)20-10-8-13(2)11-14(20)3/h6-7,12-15,18H,5,8-11H2,1-4H3. The molecule has 0 radical (unpaired) electrons. The monoisotopic (exact) mass is 275 g/mol.